The number of aromatic nitrogens is 2. The quantitative estimate of drug-likeness (QED) is 0.857. The van der Waals surface area contributed by atoms with E-state index in [9.17, 15) is 0 Å². The summed E-state index contributed by atoms with van der Waals surface area (Å²) in [7, 11) is 0. The maximum atomic E-state index is 6.20. The fraction of sp³-hybridized carbons (Fsp3) is 0.562. The molecule has 1 atom stereocenters. The highest BCUT2D eigenvalue weighted by Crippen LogP contribution is 2.23. The van der Waals surface area contributed by atoms with Crippen molar-refractivity contribution >= 4 is 17.2 Å². The summed E-state index contributed by atoms with van der Waals surface area (Å²) in [4.78, 5) is 7.32. The van der Waals surface area contributed by atoms with Crippen molar-refractivity contribution in [2.45, 2.75) is 51.6 Å². The lowest BCUT2D eigenvalue weighted by molar-refractivity contribution is 0.111. The summed E-state index contributed by atoms with van der Waals surface area (Å²) in [5, 5.41) is 0.725. The summed E-state index contributed by atoms with van der Waals surface area (Å²) >= 11 is 6.20. The van der Waals surface area contributed by atoms with Crippen LogP contribution in [0.15, 0.2) is 24.5 Å². The molecule has 1 aliphatic rings. The Kier molecular flexibility index (Phi) is 3.99. The molecule has 1 saturated heterocycles. The number of hydrogen-bond acceptors (Lipinski definition) is 2. The number of likely N-dealkylation sites (tertiary alicyclic amines) is 1. The van der Waals surface area contributed by atoms with Crippen molar-refractivity contribution in [1.29, 1.82) is 0 Å². The van der Waals surface area contributed by atoms with Crippen LogP contribution < -0.4 is 0 Å². The smallest absolute Gasteiger partial charge is 0.155 e. The first-order valence-corrected chi connectivity index (χ1v) is 7.91. The maximum Gasteiger partial charge on any atom is 0.155 e. The maximum absolute atomic E-state index is 6.20. The molecule has 0 spiro atoms. The van der Waals surface area contributed by atoms with Crippen LogP contribution >= 0.6 is 11.6 Å². The topological polar surface area (TPSA) is 20.5 Å². The van der Waals surface area contributed by atoms with E-state index in [-0.39, 0.29) is 0 Å². The summed E-state index contributed by atoms with van der Waals surface area (Å²) in [5.41, 5.74) is 2.02. The predicted molar refractivity (Wildman–Crippen MR) is 83.4 cm³/mol. The molecule has 4 heteroatoms. The third kappa shape index (κ3) is 2.70. The Morgan fingerprint density at radius 3 is 3.00 bits per heavy atom. The van der Waals surface area contributed by atoms with Crippen molar-refractivity contribution in [3.8, 4) is 0 Å². The zero-order chi connectivity index (χ0) is 14.1. The normalized spacial score (nSPS) is 20.9. The summed E-state index contributed by atoms with van der Waals surface area (Å²) in [6.07, 6.45) is 9.09. The van der Waals surface area contributed by atoms with Crippen LogP contribution in [-0.2, 0) is 6.42 Å². The number of rotatable bonds is 3. The number of halogens is 1. The molecular weight excluding hydrogens is 270 g/mol. The van der Waals surface area contributed by atoms with E-state index in [1.807, 2.05) is 22.7 Å². The van der Waals surface area contributed by atoms with E-state index in [1.54, 1.807) is 0 Å². The number of nitrogens with zero attached hydrogens (tertiary/aromatic N) is 3. The standard InChI is InChI=1S/C16H22ClN3/c1-12(2)20-9-4-3-6-14(20)10-13-11-19-8-5-7-15(17)16(19)18-13/h5,7-8,11-12,14H,3-4,6,9-10H2,1-2H3. The Morgan fingerprint density at radius 2 is 2.25 bits per heavy atom. The Hall–Kier alpha value is -1.06. The fourth-order valence-electron chi connectivity index (χ4n) is 3.29. The minimum absolute atomic E-state index is 0.612. The third-order valence-corrected chi connectivity index (χ3v) is 4.56. The van der Waals surface area contributed by atoms with Crippen LogP contribution in [0.3, 0.4) is 0 Å². The van der Waals surface area contributed by atoms with E-state index in [0.717, 1.165) is 22.8 Å². The Labute approximate surface area is 125 Å². The van der Waals surface area contributed by atoms with Crippen LogP contribution in [0.1, 0.15) is 38.8 Å². The van der Waals surface area contributed by atoms with Crippen molar-refractivity contribution in [2.24, 2.45) is 0 Å². The first-order valence-electron chi connectivity index (χ1n) is 7.53. The summed E-state index contributed by atoms with van der Waals surface area (Å²) in [6.45, 7) is 5.80. The Bertz CT molecular complexity index is 590. The van der Waals surface area contributed by atoms with Crippen LogP contribution in [0.25, 0.3) is 5.65 Å². The molecule has 0 radical (unpaired) electrons. The highest BCUT2D eigenvalue weighted by atomic mass is 35.5. The van der Waals surface area contributed by atoms with Crippen LogP contribution in [-0.4, -0.2) is 32.9 Å². The van der Waals surface area contributed by atoms with Gasteiger partial charge in [-0.15, -0.1) is 0 Å². The van der Waals surface area contributed by atoms with Gasteiger partial charge in [-0.3, -0.25) is 4.90 Å². The van der Waals surface area contributed by atoms with Crippen molar-refractivity contribution in [1.82, 2.24) is 14.3 Å². The minimum atomic E-state index is 0.612. The van der Waals surface area contributed by atoms with E-state index >= 15 is 0 Å². The van der Waals surface area contributed by atoms with Gasteiger partial charge in [0, 0.05) is 30.9 Å². The van der Waals surface area contributed by atoms with E-state index in [4.69, 9.17) is 16.6 Å². The van der Waals surface area contributed by atoms with Gasteiger partial charge < -0.3 is 4.40 Å². The average Bonchev–Trinajstić information content (AvgIpc) is 2.83. The SMILES string of the molecule is CC(C)N1CCCCC1Cc1cn2cccc(Cl)c2n1. The Balaban J connectivity index is 1.82. The molecule has 2 aromatic rings. The fourth-order valence-corrected chi connectivity index (χ4v) is 3.50. The van der Waals surface area contributed by atoms with Gasteiger partial charge in [0.1, 0.15) is 0 Å². The molecular formula is C16H22ClN3. The number of imidazole rings is 1. The lowest BCUT2D eigenvalue weighted by Gasteiger charge is -2.38. The lowest BCUT2D eigenvalue weighted by atomic mass is 9.97. The van der Waals surface area contributed by atoms with Crippen LogP contribution in [0, 0.1) is 0 Å². The molecule has 0 aromatic carbocycles. The molecule has 0 bridgehead atoms. The van der Waals surface area contributed by atoms with E-state index < -0.39 is 0 Å². The van der Waals surface area contributed by atoms with Crippen molar-refractivity contribution < 1.29 is 0 Å². The molecule has 3 heterocycles. The zero-order valence-electron chi connectivity index (χ0n) is 12.2. The van der Waals surface area contributed by atoms with Gasteiger partial charge in [0.2, 0.25) is 0 Å². The van der Waals surface area contributed by atoms with Gasteiger partial charge in [-0.2, -0.15) is 0 Å². The summed E-state index contributed by atoms with van der Waals surface area (Å²) in [6, 6.07) is 5.09. The van der Waals surface area contributed by atoms with E-state index in [2.05, 4.69) is 24.9 Å². The zero-order valence-corrected chi connectivity index (χ0v) is 13.0. The van der Waals surface area contributed by atoms with E-state index in [0.29, 0.717) is 12.1 Å². The molecule has 0 N–H and O–H groups in total. The second-order valence-electron chi connectivity index (χ2n) is 6.00. The number of fused-ring (bicyclic) bond motifs is 1. The number of piperidine rings is 1. The second-order valence-corrected chi connectivity index (χ2v) is 6.41. The lowest BCUT2D eigenvalue weighted by Crippen LogP contribution is -2.45. The highest BCUT2D eigenvalue weighted by Gasteiger charge is 2.25. The van der Waals surface area contributed by atoms with Gasteiger partial charge in [-0.25, -0.2) is 4.98 Å². The van der Waals surface area contributed by atoms with Crippen LogP contribution in [0.4, 0.5) is 0 Å². The average molecular weight is 292 g/mol. The van der Waals surface area contributed by atoms with Crippen molar-refractivity contribution in [3.63, 3.8) is 0 Å². The van der Waals surface area contributed by atoms with Gasteiger partial charge in [0.05, 0.1) is 10.7 Å². The first kappa shape index (κ1) is 13.9. The van der Waals surface area contributed by atoms with Gasteiger partial charge in [0.15, 0.2) is 5.65 Å². The van der Waals surface area contributed by atoms with Gasteiger partial charge in [-0.1, -0.05) is 18.0 Å². The third-order valence-electron chi connectivity index (χ3n) is 4.27. The molecule has 20 heavy (non-hydrogen) atoms. The summed E-state index contributed by atoms with van der Waals surface area (Å²) in [5.74, 6) is 0. The Morgan fingerprint density at radius 1 is 1.40 bits per heavy atom. The first-order chi connectivity index (χ1) is 9.65. The largest absolute Gasteiger partial charge is 0.306 e. The monoisotopic (exact) mass is 291 g/mol. The van der Waals surface area contributed by atoms with Crippen molar-refractivity contribution in [3.05, 3.63) is 35.2 Å². The van der Waals surface area contributed by atoms with Crippen LogP contribution in [0.2, 0.25) is 5.02 Å². The predicted octanol–water partition coefficient (Wildman–Crippen LogP) is 3.79. The molecule has 1 unspecified atom stereocenters. The second kappa shape index (κ2) is 5.74. The van der Waals surface area contributed by atoms with Gasteiger partial charge >= 0.3 is 0 Å². The molecule has 3 rings (SSSR count). The molecule has 1 fully saturated rings. The van der Waals surface area contributed by atoms with Crippen molar-refractivity contribution in [2.75, 3.05) is 6.54 Å². The molecule has 108 valence electrons. The highest BCUT2D eigenvalue weighted by molar-refractivity contribution is 6.33. The van der Waals surface area contributed by atoms with Gasteiger partial charge in [0.25, 0.3) is 0 Å². The molecule has 0 amide bonds. The minimum Gasteiger partial charge on any atom is -0.306 e. The summed E-state index contributed by atoms with van der Waals surface area (Å²) < 4.78 is 2.03. The number of hydrogen-bond donors (Lipinski definition) is 0. The van der Waals surface area contributed by atoms with Crippen LogP contribution in [0.5, 0.6) is 0 Å². The van der Waals surface area contributed by atoms with E-state index in [1.165, 1.54) is 25.8 Å². The molecule has 1 aliphatic heterocycles. The molecule has 2 aromatic heterocycles. The van der Waals surface area contributed by atoms with Gasteiger partial charge in [-0.05, 0) is 45.4 Å². The molecule has 0 saturated carbocycles. The molecule has 3 nitrogen and oxygen atoms in total. The number of pyridine rings is 1. The molecule has 0 aliphatic carbocycles.